The fourth-order valence-electron chi connectivity index (χ4n) is 3.74. The molecule has 1 aliphatic rings. The number of nitrogens with zero attached hydrogens (tertiary/aromatic N) is 3. The van der Waals surface area contributed by atoms with Crippen LogP contribution >= 0.6 is 0 Å². The van der Waals surface area contributed by atoms with Gasteiger partial charge in [-0.05, 0) is 84.7 Å². The number of benzene rings is 2. The molecule has 116 valence electrons. The van der Waals surface area contributed by atoms with Crippen molar-refractivity contribution in [2.45, 2.75) is 33.1 Å². The molecule has 4 heteroatoms. The van der Waals surface area contributed by atoms with E-state index in [0.717, 1.165) is 30.5 Å². The molecule has 1 aliphatic carbocycles. The van der Waals surface area contributed by atoms with E-state index < -0.39 is 0 Å². The highest BCUT2D eigenvalue weighted by atomic mass is 19.1. The molecule has 3 nitrogen and oxygen atoms in total. The van der Waals surface area contributed by atoms with E-state index >= 15 is 0 Å². The highest BCUT2D eigenvalue weighted by molar-refractivity contribution is 5.76. The summed E-state index contributed by atoms with van der Waals surface area (Å²) < 4.78 is 15.8. The molecule has 0 fully saturated rings. The number of rotatable bonds is 2. The van der Waals surface area contributed by atoms with Gasteiger partial charge in [0.15, 0.2) is 0 Å². The lowest BCUT2D eigenvalue weighted by atomic mass is 9.90. The zero-order valence-corrected chi connectivity index (χ0v) is 13.3. The van der Waals surface area contributed by atoms with Crippen LogP contribution in [0.4, 0.5) is 4.39 Å². The molecule has 0 saturated heterocycles. The molecule has 1 heterocycles. The quantitative estimate of drug-likeness (QED) is 0.711. The third-order valence-electron chi connectivity index (χ3n) is 4.70. The van der Waals surface area contributed by atoms with Crippen LogP contribution in [0.3, 0.4) is 0 Å². The van der Waals surface area contributed by atoms with Crippen LogP contribution < -0.4 is 0 Å². The van der Waals surface area contributed by atoms with E-state index in [1.807, 2.05) is 6.07 Å². The van der Waals surface area contributed by atoms with Gasteiger partial charge in [-0.1, -0.05) is 6.07 Å². The van der Waals surface area contributed by atoms with Crippen molar-refractivity contribution >= 4 is 0 Å². The van der Waals surface area contributed by atoms with Crippen LogP contribution in [0.25, 0.3) is 16.8 Å². The Balaban J connectivity index is 1.90. The largest absolute Gasteiger partial charge is 0.223 e. The van der Waals surface area contributed by atoms with Gasteiger partial charge in [0, 0.05) is 0 Å². The number of hydrogen-bond donors (Lipinski definition) is 0. The predicted octanol–water partition coefficient (Wildman–Crippen LogP) is 4.18. The summed E-state index contributed by atoms with van der Waals surface area (Å²) in [5.74, 6) is -0.0595. The van der Waals surface area contributed by atoms with Crippen molar-refractivity contribution in [3.8, 4) is 16.8 Å². The highest BCUT2D eigenvalue weighted by Gasteiger charge is 2.21. The Morgan fingerprint density at radius 1 is 1.04 bits per heavy atom. The number of aromatic nitrogens is 3. The molecule has 3 aromatic rings. The topological polar surface area (TPSA) is 30.7 Å². The second-order valence-corrected chi connectivity index (χ2v) is 6.20. The van der Waals surface area contributed by atoms with Crippen LogP contribution in [0.2, 0.25) is 0 Å². The van der Waals surface area contributed by atoms with Crippen LogP contribution in [0.5, 0.6) is 0 Å². The van der Waals surface area contributed by atoms with Crippen LogP contribution in [0, 0.1) is 19.7 Å². The van der Waals surface area contributed by atoms with Gasteiger partial charge in [0.2, 0.25) is 0 Å². The average molecular weight is 307 g/mol. The van der Waals surface area contributed by atoms with Gasteiger partial charge >= 0.3 is 0 Å². The second-order valence-electron chi connectivity index (χ2n) is 6.20. The maximum Gasteiger partial charge on any atom is 0.138 e. The predicted molar refractivity (Wildman–Crippen MR) is 88.3 cm³/mol. The van der Waals surface area contributed by atoms with Crippen LogP contribution in [-0.2, 0) is 12.8 Å². The maximum atomic E-state index is 14.0. The van der Waals surface area contributed by atoms with E-state index in [1.165, 1.54) is 34.1 Å². The van der Waals surface area contributed by atoms with E-state index in [9.17, 15) is 4.39 Å². The summed E-state index contributed by atoms with van der Waals surface area (Å²) in [7, 11) is 0. The normalized spacial score (nSPS) is 13.3. The van der Waals surface area contributed by atoms with E-state index in [2.05, 4.69) is 36.1 Å². The third kappa shape index (κ3) is 2.25. The zero-order valence-electron chi connectivity index (χ0n) is 13.3. The maximum absolute atomic E-state index is 14.0. The summed E-state index contributed by atoms with van der Waals surface area (Å²) in [6.45, 7) is 4.21. The van der Waals surface area contributed by atoms with Crippen molar-refractivity contribution in [1.29, 1.82) is 0 Å². The molecule has 0 atom stereocenters. The summed E-state index contributed by atoms with van der Waals surface area (Å²) in [5.41, 5.74) is 7.84. The van der Waals surface area contributed by atoms with Crippen LogP contribution in [-0.4, -0.2) is 14.8 Å². The second kappa shape index (κ2) is 5.30. The van der Waals surface area contributed by atoms with Crippen LogP contribution in [0.15, 0.2) is 36.9 Å². The summed E-state index contributed by atoms with van der Waals surface area (Å²) in [5, 5.41) is 4.20. The Labute approximate surface area is 134 Å². The molecule has 0 saturated carbocycles. The van der Waals surface area contributed by atoms with Gasteiger partial charge in [-0.2, -0.15) is 5.10 Å². The number of fused-ring (bicyclic) bond motifs is 1. The van der Waals surface area contributed by atoms with Gasteiger partial charge in [-0.15, -0.1) is 0 Å². The number of aryl methyl sites for hydroxylation is 2. The SMILES string of the molecule is Cc1cc(-n2cncn2)cc(C)c1-c1ccc(F)c2c1CCC2. The number of halogens is 1. The average Bonchev–Trinajstić information content (AvgIpc) is 3.20. The van der Waals surface area contributed by atoms with Crippen molar-refractivity contribution in [2.75, 3.05) is 0 Å². The van der Waals surface area contributed by atoms with Crippen molar-refractivity contribution < 1.29 is 4.39 Å². The van der Waals surface area contributed by atoms with Crippen molar-refractivity contribution in [3.05, 3.63) is 65.0 Å². The van der Waals surface area contributed by atoms with Crippen molar-refractivity contribution in [2.24, 2.45) is 0 Å². The smallest absolute Gasteiger partial charge is 0.138 e. The van der Waals surface area contributed by atoms with Crippen molar-refractivity contribution in [3.63, 3.8) is 0 Å². The third-order valence-corrected chi connectivity index (χ3v) is 4.70. The molecule has 1 aromatic heterocycles. The standard InChI is InChI=1S/C19H18FN3/c1-12-8-14(23-11-21-10-22-23)9-13(2)19(12)17-6-7-18(20)16-5-3-4-15(16)17/h6-11H,3-5H2,1-2H3. The lowest BCUT2D eigenvalue weighted by Gasteiger charge is -2.16. The Kier molecular flexibility index (Phi) is 3.26. The minimum Gasteiger partial charge on any atom is -0.223 e. The fraction of sp³-hybridized carbons (Fsp3) is 0.263. The first-order valence-corrected chi connectivity index (χ1v) is 7.92. The minimum absolute atomic E-state index is 0.0595. The van der Waals surface area contributed by atoms with Gasteiger partial charge in [-0.3, -0.25) is 0 Å². The molecular weight excluding hydrogens is 289 g/mol. The van der Waals surface area contributed by atoms with Crippen molar-refractivity contribution in [1.82, 2.24) is 14.8 Å². The number of hydrogen-bond acceptors (Lipinski definition) is 2. The van der Waals surface area contributed by atoms with Gasteiger partial charge in [0.25, 0.3) is 0 Å². The van der Waals surface area contributed by atoms with Gasteiger partial charge in [0.1, 0.15) is 18.5 Å². The minimum atomic E-state index is -0.0595. The van der Waals surface area contributed by atoms with Gasteiger partial charge < -0.3 is 0 Å². The molecular formula is C19H18FN3. The molecule has 0 aliphatic heterocycles. The monoisotopic (exact) mass is 307 g/mol. The first-order valence-electron chi connectivity index (χ1n) is 7.92. The zero-order chi connectivity index (χ0) is 16.0. The first kappa shape index (κ1) is 14.1. The first-order chi connectivity index (χ1) is 11.1. The fourth-order valence-corrected chi connectivity index (χ4v) is 3.74. The summed E-state index contributed by atoms with van der Waals surface area (Å²) in [6, 6.07) is 7.77. The lowest BCUT2D eigenvalue weighted by Crippen LogP contribution is -2.00. The van der Waals surface area contributed by atoms with E-state index in [0.29, 0.717) is 0 Å². The molecule has 0 radical (unpaired) electrons. The molecule has 0 amide bonds. The molecule has 2 aromatic carbocycles. The lowest BCUT2D eigenvalue weighted by molar-refractivity contribution is 0.613. The van der Waals surface area contributed by atoms with Gasteiger partial charge in [-0.25, -0.2) is 14.1 Å². The summed E-state index contributed by atoms with van der Waals surface area (Å²) >= 11 is 0. The molecule has 4 rings (SSSR count). The van der Waals surface area contributed by atoms with Gasteiger partial charge in [0.05, 0.1) is 5.69 Å². The van der Waals surface area contributed by atoms with E-state index in [-0.39, 0.29) is 5.82 Å². The van der Waals surface area contributed by atoms with E-state index in [4.69, 9.17) is 0 Å². The molecule has 23 heavy (non-hydrogen) atoms. The van der Waals surface area contributed by atoms with E-state index in [1.54, 1.807) is 17.1 Å². The molecule has 0 spiro atoms. The summed E-state index contributed by atoms with van der Waals surface area (Å²) in [6.07, 6.45) is 6.09. The summed E-state index contributed by atoms with van der Waals surface area (Å²) in [4.78, 5) is 4.01. The molecule has 0 bridgehead atoms. The Morgan fingerprint density at radius 2 is 1.78 bits per heavy atom. The highest BCUT2D eigenvalue weighted by Crippen LogP contribution is 2.37. The van der Waals surface area contributed by atoms with Crippen LogP contribution in [0.1, 0.15) is 28.7 Å². The molecule has 0 N–H and O–H groups in total. The molecule has 0 unspecified atom stereocenters. The Hall–Kier alpha value is -2.49. The Bertz CT molecular complexity index is 859. The Morgan fingerprint density at radius 3 is 2.48 bits per heavy atom.